The second-order valence-corrected chi connectivity index (χ2v) is 4.46. The maximum Gasteiger partial charge on any atom is 0.169 e. The molecule has 0 spiro atoms. The first-order valence-corrected chi connectivity index (χ1v) is 6.23. The van der Waals surface area contributed by atoms with E-state index in [9.17, 15) is 15.0 Å². The molecule has 0 aliphatic heterocycles. The van der Waals surface area contributed by atoms with E-state index in [2.05, 4.69) is 0 Å². The van der Waals surface area contributed by atoms with E-state index in [0.717, 1.165) is 0 Å². The van der Waals surface area contributed by atoms with Crippen molar-refractivity contribution in [2.24, 2.45) is 5.73 Å². The summed E-state index contributed by atoms with van der Waals surface area (Å²) in [6.45, 7) is 1.63. The molecule has 2 rings (SSSR count). The van der Waals surface area contributed by atoms with Crippen LogP contribution >= 0.6 is 0 Å². The average molecular weight is 285 g/mol. The third kappa shape index (κ3) is 3.14. The molecule has 0 atom stereocenters. The third-order valence-corrected chi connectivity index (χ3v) is 2.95. The molecule has 5 nitrogen and oxygen atoms in total. The van der Waals surface area contributed by atoms with Gasteiger partial charge in [0, 0.05) is 23.3 Å². The lowest BCUT2D eigenvalue weighted by molar-refractivity contribution is -0.105. The highest BCUT2D eigenvalue weighted by Crippen LogP contribution is 2.34. The van der Waals surface area contributed by atoms with Crippen molar-refractivity contribution >= 4 is 12.0 Å². The van der Waals surface area contributed by atoms with Gasteiger partial charge < -0.3 is 20.7 Å². The highest BCUT2D eigenvalue weighted by atomic mass is 16.5. The van der Waals surface area contributed by atoms with Gasteiger partial charge >= 0.3 is 0 Å². The van der Waals surface area contributed by atoms with Crippen molar-refractivity contribution in [2.45, 2.75) is 6.92 Å². The van der Waals surface area contributed by atoms with Crippen LogP contribution in [0.15, 0.2) is 48.2 Å². The number of nitrogens with two attached hydrogens (primary N) is 1. The highest BCUT2D eigenvalue weighted by Gasteiger charge is 2.14. The Morgan fingerprint density at radius 2 is 1.86 bits per heavy atom. The molecule has 0 aliphatic carbocycles. The molecular formula is C16H15NO4. The maximum atomic E-state index is 11.0. The van der Waals surface area contributed by atoms with Gasteiger partial charge in [-0.15, -0.1) is 0 Å². The lowest BCUT2D eigenvalue weighted by Crippen LogP contribution is -2.08. The van der Waals surface area contributed by atoms with Gasteiger partial charge in [-0.25, -0.2) is 0 Å². The first-order valence-electron chi connectivity index (χ1n) is 6.23. The number of aldehydes is 1. The number of rotatable bonds is 4. The molecule has 0 heterocycles. The number of benzene rings is 2. The molecular weight excluding hydrogens is 270 g/mol. The van der Waals surface area contributed by atoms with E-state index in [-0.39, 0.29) is 28.7 Å². The molecule has 0 saturated carbocycles. The lowest BCUT2D eigenvalue weighted by Gasteiger charge is -2.14. The Labute approximate surface area is 121 Å². The monoisotopic (exact) mass is 285 g/mol. The summed E-state index contributed by atoms with van der Waals surface area (Å²) in [6, 6.07) is 11.4. The summed E-state index contributed by atoms with van der Waals surface area (Å²) in [4.78, 5) is 11.0. The van der Waals surface area contributed by atoms with Crippen LogP contribution in [0.3, 0.4) is 0 Å². The van der Waals surface area contributed by atoms with Gasteiger partial charge in [-0.3, -0.25) is 4.79 Å². The van der Waals surface area contributed by atoms with Gasteiger partial charge in [-0.05, 0) is 6.92 Å². The van der Waals surface area contributed by atoms with E-state index in [1.807, 2.05) is 6.07 Å². The van der Waals surface area contributed by atoms with Crippen LogP contribution in [0, 0.1) is 6.92 Å². The average Bonchev–Trinajstić information content (AvgIpc) is 2.49. The number of allylic oxidation sites excluding steroid dienone is 1. The number of hydrogen-bond acceptors (Lipinski definition) is 5. The van der Waals surface area contributed by atoms with Gasteiger partial charge in [-0.2, -0.15) is 0 Å². The van der Waals surface area contributed by atoms with Crippen molar-refractivity contribution in [2.75, 3.05) is 0 Å². The zero-order valence-electron chi connectivity index (χ0n) is 11.4. The zero-order chi connectivity index (χ0) is 15.4. The Kier molecular flexibility index (Phi) is 4.13. The molecule has 0 fully saturated rings. The molecule has 0 bridgehead atoms. The predicted molar refractivity (Wildman–Crippen MR) is 78.8 cm³/mol. The van der Waals surface area contributed by atoms with Crippen LogP contribution in [0.1, 0.15) is 11.1 Å². The molecule has 0 saturated heterocycles. The predicted octanol–water partition coefficient (Wildman–Crippen LogP) is 2.31. The smallest absolute Gasteiger partial charge is 0.169 e. The molecule has 5 heteroatoms. The molecule has 0 radical (unpaired) electrons. The summed E-state index contributed by atoms with van der Waals surface area (Å²) >= 11 is 0. The van der Waals surface area contributed by atoms with Crippen LogP contribution in [-0.4, -0.2) is 16.5 Å². The Hall–Kier alpha value is -2.95. The molecule has 0 aliphatic rings. The molecule has 4 N–H and O–H groups in total. The fraction of sp³-hybridized carbons (Fsp3) is 0.0625. The van der Waals surface area contributed by atoms with Crippen molar-refractivity contribution in [3.05, 3.63) is 59.3 Å². The van der Waals surface area contributed by atoms with Crippen molar-refractivity contribution in [3.63, 3.8) is 0 Å². The molecule has 2 aromatic carbocycles. The van der Waals surface area contributed by atoms with E-state index >= 15 is 0 Å². The van der Waals surface area contributed by atoms with E-state index in [0.29, 0.717) is 17.4 Å². The van der Waals surface area contributed by atoms with E-state index in [4.69, 9.17) is 10.5 Å². The van der Waals surface area contributed by atoms with Crippen LogP contribution in [0.5, 0.6) is 17.2 Å². The highest BCUT2D eigenvalue weighted by molar-refractivity contribution is 5.85. The summed E-state index contributed by atoms with van der Waals surface area (Å²) in [5.41, 5.74) is 6.65. The summed E-state index contributed by atoms with van der Waals surface area (Å²) < 4.78 is 5.65. The van der Waals surface area contributed by atoms with Gasteiger partial charge in [0.15, 0.2) is 12.0 Å². The largest absolute Gasteiger partial charge is 0.508 e. The number of phenolic OH excluding ortho intramolecular Hbond substituents is 2. The molecule has 2 aromatic rings. The Balaban J connectivity index is 2.50. The number of phenols is 2. The molecule has 0 aromatic heterocycles. The maximum absolute atomic E-state index is 11.0. The summed E-state index contributed by atoms with van der Waals surface area (Å²) in [6.07, 6.45) is 0.486. The SMILES string of the molecule is Cc1c(O)cc(O)cc1O/C(=C(/N)C=O)c1ccccc1. The number of carbonyl (C=O) groups is 1. The van der Waals surface area contributed by atoms with Crippen molar-refractivity contribution in [1.29, 1.82) is 0 Å². The molecule has 21 heavy (non-hydrogen) atoms. The summed E-state index contributed by atoms with van der Waals surface area (Å²) in [5, 5.41) is 19.2. The van der Waals surface area contributed by atoms with Crippen LogP contribution in [0.25, 0.3) is 5.76 Å². The van der Waals surface area contributed by atoms with Crippen LogP contribution in [-0.2, 0) is 4.79 Å². The van der Waals surface area contributed by atoms with Gasteiger partial charge in [0.2, 0.25) is 0 Å². The molecule has 0 amide bonds. The second kappa shape index (κ2) is 6.00. The number of ether oxygens (including phenoxy) is 1. The summed E-state index contributed by atoms with van der Waals surface area (Å²) in [7, 11) is 0. The third-order valence-electron chi connectivity index (χ3n) is 2.95. The quantitative estimate of drug-likeness (QED) is 0.455. The number of carbonyl (C=O) groups excluding carboxylic acids is 1. The zero-order valence-corrected chi connectivity index (χ0v) is 11.4. The van der Waals surface area contributed by atoms with Gasteiger partial charge in [0.25, 0.3) is 0 Å². The van der Waals surface area contributed by atoms with E-state index < -0.39 is 0 Å². The van der Waals surface area contributed by atoms with Crippen LogP contribution < -0.4 is 10.5 Å². The van der Waals surface area contributed by atoms with Crippen LogP contribution in [0.2, 0.25) is 0 Å². The van der Waals surface area contributed by atoms with Crippen molar-refractivity contribution < 1.29 is 19.7 Å². The number of aromatic hydroxyl groups is 2. The lowest BCUT2D eigenvalue weighted by atomic mass is 10.1. The van der Waals surface area contributed by atoms with Crippen molar-refractivity contribution in [1.82, 2.24) is 0 Å². The molecule has 0 unspecified atom stereocenters. The van der Waals surface area contributed by atoms with E-state index in [1.165, 1.54) is 12.1 Å². The Morgan fingerprint density at radius 1 is 1.19 bits per heavy atom. The summed E-state index contributed by atoms with van der Waals surface area (Å²) in [5.74, 6) is 0.127. The standard InChI is InChI=1S/C16H15NO4/c1-10-14(20)7-12(19)8-15(10)21-16(13(17)9-18)11-5-3-2-4-6-11/h2-9,19-20H,17H2,1H3/b16-13+. The first-order chi connectivity index (χ1) is 10.0. The Morgan fingerprint density at radius 3 is 2.48 bits per heavy atom. The normalized spacial score (nSPS) is 11.7. The van der Waals surface area contributed by atoms with Gasteiger partial charge in [-0.1, -0.05) is 30.3 Å². The minimum absolute atomic E-state index is 0.0802. The topological polar surface area (TPSA) is 92.8 Å². The van der Waals surface area contributed by atoms with Gasteiger partial charge in [0.1, 0.15) is 22.9 Å². The Bertz CT molecular complexity index is 693. The fourth-order valence-corrected chi connectivity index (χ4v) is 1.80. The second-order valence-electron chi connectivity index (χ2n) is 4.46. The van der Waals surface area contributed by atoms with Gasteiger partial charge in [0.05, 0.1) is 0 Å². The minimum Gasteiger partial charge on any atom is -0.508 e. The van der Waals surface area contributed by atoms with E-state index in [1.54, 1.807) is 31.2 Å². The van der Waals surface area contributed by atoms with Crippen molar-refractivity contribution in [3.8, 4) is 17.2 Å². The number of hydrogen-bond donors (Lipinski definition) is 3. The first kappa shape index (κ1) is 14.5. The molecule has 108 valence electrons. The minimum atomic E-state index is -0.148. The fourth-order valence-electron chi connectivity index (χ4n) is 1.80. The van der Waals surface area contributed by atoms with Crippen LogP contribution in [0.4, 0.5) is 0 Å².